The Bertz CT molecular complexity index is 327. The number of nitrogens with zero attached hydrogens (tertiary/aromatic N) is 2. The van der Waals surface area contributed by atoms with Gasteiger partial charge in [0.05, 0.1) is 6.42 Å². The van der Waals surface area contributed by atoms with Gasteiger partial charge < -0.3 is 5.11 Å². The zero-order valence-corrected chi connectivity index (χ0v) is 6.52. The summed E-state index contributed by atoms with van der Waals surface area (Å²) < 4.78 is 1.24. The summed E-state index contributed by atoms with van der Waals surface area (Å²) in [7, 11) is 0. The Hall–Kier alpha value is -1.59. The molecule has 0 bridgehead atoms. The second-order valence-corrected chi connectivity index (χ2v) is 2.52. The van der Waals surface area contributed by atoms with Crippen molar-refractivity contribution in [2.45, 2.75) is 19.4 Å². The number of nitrogens with one attached hydrogen (secondary N) is 1. The van der Waals surface area contributed by atoms with Gasteiger partial charge in [-0.05, 0) is 6.92 Å². The zero-order valence-electron chi connectivity index (χ0n) is 6.52. The summed E-state index contributed by atoms with van der Waals surface area (Å²) in [6.07, 6.45) is 1.20. The third-order valence-electron chi connectivity index (χ3n) is 1.52. The van der Waals surface area contributed by atoms with Crippen molar-refractivity contribution in [3.63, 3.8) is 0 Å². The summed E-state index contributed by atoms with van der Waals surface area (Å²) in [6, 6.07) is -0.367. The Kier molecular flexibility index (Phi) is 2.27. The van der Waals surface area contributed by atoms with Crippen molar-refractivity contribution in [2.24, 2.45) is 0 Å². The molecule has 2 N–H and O–H groups in total. The fourth-order valence-electron chi connectivity index (χ4n) is 0.921. The van der Waals surface area contributed by atoms with Crippen LogP contribution in [-0.2, 0) is 4.79 Å². The van der Waals surface area contributed by atoms with E-state index < -0.39 is 5.97 Å². The van der Waals surface area contributed by atoms with E-state index in [1.165, 1.54) is 10.9 Å². The van der Waals surface area contributed by atoms with Gasteiger partial charge in [-0.2, -0.15) is 5.10 Å². The molecule has 0 radical (unpaired) electrons. The van der Waals surface area contributed by atoms with Crippen molar-refractivity contribution in [1.82, 2.24) is 14.8 Å². The van der Waals surface area contributed by atoms with E-state index in [1.807, 2.05) is 0 Å². The van der Waals surface area contributed by atoms with Gasteiger partial charge in [-0.1, -0.05) is 0 Å². The monoisotopic (exact) mass is 171 g/mol. The number of aliphatic carboxylic acids is 1. The number of carbonyl (C=O) groups is 1. The van der Waals surface area contributed by atoms with Crippen molar-refractivity contribution in [3.05, 3.63) is 16.8 Å². The maximum absolute atomic E-state index is 10.9. The molecule has 1 unspecified atom stereocenters. The van der Waals surface area contributed by atoms with E-state index in [2.05, 4.69) is 10.2 Å². The number of rotatable bonds is 3. The van der Waals surface area contributed by atoms with Gasteiger partial charge >= 0.3 is 11.7 Å². The Morgan fingerprint density at radius 1 is 1.92 bits per heavy atom. The molecule has 6 nitrogen and oxygen atoms in total. The van der Waals surface area contributed by atoms with Crippen molar-refractivity contribution in [2.75, 3.05) is 0 Å². The van der Waals surface area contributed by atoms with E-state index in [9.17, 15) is 9.59 Å². The van der Waals surface area contributed by atoms with Crippen LogP contribution in [0.15, 0.2) is 11.1 Å². The molecule has 0 aliphatic rings. The molecule has 1 rings (SSSR count). The lowest BCUT2D eigenvalue weighted by Gasteiger charge is -2.06. The van der Waals surface area contributed by atoms with Crippen LogP contribution in [0, 0.1) is 0 Å². The second kappa shape index (κ2) is 3.21. The highest BCUT2D eigenvalue weighted by Gasteiger charge is 2.11. The number of H-pyrrole nitrogens is 1. The minimum atomic E-state index is -0.935. The first-order valence-corrected chi connectivity index (χ1v) is 3.44. The SMILES string of the molecule is CC(CC(=O)O)n1cn[nH]c1=O. The summed E-state index contributed by atoms with van der Waals surface area (Å²) >= 11 is 0. The summed E-state index contributed by atoms with van der Waals surface area (Å²) in [5.41, 5.74) is -0.385. The second-order valence-electron chi connectivity index (χ2n) is 2.52. The first kappa shape index (κ1) is 8.51. The number of carboxylic acids is 1. The van der Waals surface area contributed by atoms with E-state index in [1.54, 1.807) is 6.92 Å². The normalized spacial score (nSPS) is 12.8. The summed E-state index contributed by atoms with van der Waals surface area (Å²) in [5.74, 6) is -0.935. The molecule has 6 heteroatoms. The van der Waals surface area contributed by atoms with Crippen LogP contribution in [0.2, 0.25) is 0 Å². The molecule has 12 heavy (non-hydrogen) atoms. The minimum absolute atomic E-state index is 0.0839. The third kappa shape index (κ3) is 1.71. The van der Waals surface area contributed by atoms with Crippen LogP contribution >= 0.6 is 0 Å². The van der Waals surface area contributed by atoms with E-state index in [-0.39, 0.29) is 18.2 Å². The van der Waals surface area contributed by atoms with Gasteiger partial charge in [0.2, 0.25) is 0 Å². The van der Waals surface area contributed by atoms with Crippen molar-refractivity contribution >= 4 is 5.97 Å². The largest absolute Gasteiger partial charge is 0.481 e. The molecule has 1 aromatic rings. The molecule has 1 aromatic heterocycles. The Labute approximate surface area is 67.8 Å². The van der Waals surface area contributed by atoms with Gasteiger partial charge in [0.1, 0.15) is 6.33 Å². The summed E-state index contributed by atoms with van der Waals surface area (Å²) in [6.45, 7) is 1.64. The smallest absolute Gasteiger partial charge is 0.343 e. The van der Waals surface area contributed by atoms with E-state index in [4.69, 9.17) is 5.11 Å². The number of aromatic nitrogens is 3. The maximum Gasteiger partial charge on any atom is 0.343 e. The Balaban J connectivity index is 2.78. The highest BCUT2D eigenvalue weighted by atomic mass is 16.4. The molecule has 0 fully saturated rings. The molecule has 0 saturated carbocycles. The highest BCUT2D eigenvalue weighted by molar-refractivity contribution is 5.67. The van der Waals surface area contributed by atoms with Gasteiger partial charge in [-0.25, -0.2) is 9.89 Å². The number of hydrogen-bond acceptors (Lipinski definition) is 3. The summed E-state index contributed by atoms with van der Waals surface area (Å²) in [4.78, 5) is 21.2. The maximum atomic E-state index is 10.9. The van der Waals surface area contributed by atoms with Crippen LogP contribution in [0.1, 0.15) is 19.4 Å². The average Bonchev–Trinajstić information content (AvgIpc) is 2.33. The van der Waals surface area contributed by atoms with Gasteiger partial charge in [0.25, 0.3) is 0 Å². The number of hydrogen-bond donors (Lipinski definition) is 2. The van der Waals surface area contributed by atoms with Gasteiger partial charge in [-0.15, -0.1) is 0 Å². The zero-order chi connectivity index (χ0) is 9.14. The Morgan fingerprint density at radius 3 is 3.00 bits per heavy atom. The topological polar surface area (TPSA) is 88.0 Å². The highest BCUT2D eigenvalue weighted by Crippen LogP contribution is 2.05. The molecule has 0 amide bonds. The fourth-order valence-corrected chi connectivity index (χ4v) is 0.921. The molecule has 0 spiro atoms. The first-order chi connectivity index (χ1) is 5.61. The molecule has 0 saturated heterocycles. The molecule has 1 heterocycles. The van der Waals surface area contributed by atoms with Crippen molar-refractivity contribution in [3.8, 4) is 0 Å². The minimum Gasteiger partial charge on any atom is -0.481 e. The summed E-state index contributed by atoms with van der Waals surface area (Å²) in [5, 5.41) is 14.1. The average molecular weight is 171 g/mol. The van der Waals surface area contributed by atoms with Crippen LogP contribution in [-0.4, -0.2) is 25.8 Å². The quantitative estimate of drug-likeness (QED) is 0.648. The van der Waals surface area contributed by atoms with E-state index >= 15 is 0 Å². The Morgan fingerprint density at radius 2 is 2.58 bits per heavy atom. The van der Waals surface area contributed by atoms with Crippen LogP contribution in [0.4, 0.5) is 0 Å². The number of carboxylic acid groups (broad SMARTS) is 1. The van der Waals surface area contributed by atoms with Crippen LogP contribution in [0.5, 0.6) is 0 Å². The van der Waals surface area contributed by atoms with Gasteiger partial charge in [0.15, 0.2) is 0 Å². The van der Waals surface area contributed by atoms with Gasteiger partial charge in [0, 0.05) is 6.04 Å². The molecule has 0 aromatic carbocycles. The predicted molar refractivity (Wildman–Crippen MR) is 39.8 cm³/mol. The molecule has 0 aliphatic heterocycles. The van der Waals surface area contributed by atoms with Crippen LogP contribution < -0.4 is 5.69 Å². The molecular weight excluding hydrogens is 162 g/mol. The van der Waals surface area contributed by atoms with E-state index in [0.29, 0.717) is 0 Å². The lowest BCUT2D eigenvalue weighted by atomic mass is 10.2. The molecule has 0 aliphatic carbocycles. The van der Waals surface area contributed by atoms with Crippen molar-refractivity contribution < 1.29 is 9.90 Å². The molecule has 1 atom stereocenters. The fraction of sp³-hybridized carbons (Fsp3) is 0.500. The van der Waals surface area contributed by atoms with E-state index in [0.717, 1.165) is 0 Å². The number of aromatic amines is 1. The third-order valence-corrected chi connectivity index (χ3v) is 1.52. The van der Waals surface area contributed by atoms with Crippen molar-refractivity contribution in [1.29, 1.82) is 0 Å². The van der Waals surface area contributed by atoms with Crippen LogP contribution in [0.25, 0.3) is 0 Å². The van der Waals surface area contributed by atoms with Gasteiger partial charge in [-0.3, -0.25) is 9.36 Å². The standard InChI is InChI=1S/C6H9N3O3/c1-4(2-5(10)11)9-3-7-8-6(9)12/h3-4H,2H2,1H3,(H,8,12)(H,10,11). The molecule has 66 valence electrons. The first-order valence-electron chi connectivity index (χ1n) is 3.44. The van der Waals surface area contributed by atoms with Crippen LogP contribution in [0.3, 0.4) is 0 Å². The predicted octanol–water partition coefficient (Wildman–Crippen LogP) is -0.393. The molecular formula is C6H9N3O3. The lowest BCUT2D eigenvalue weighted by Crippen LogP contribution is -2.21. The lowest BCUT2D eigenvalue weighted by molar-refractivity contribution is -0.137.